The molecule has 1 aromatic heterocycles. The molecule has 2 atom stereocenters. The minimum atomic E-state index is -4.66. The van der Waals surface area contributed by atoms with E-state index in [1.165, 1.54) is 14.0 Å². The first-order valence-electron chi connectivity index (χ1n) is 9.36. The average Bonchev–Trinajstić information content (AvgIpc) is 2.99. The lowest BCUT2D eigenvalue weighted by Gasteiger charge is -2.34. The monoisotopic (exact) mass is 440 g/mol. The van der Waals surface area contributed by atoms with Gasteiger partial charge in [0, 0.05) is 37.7 Å². The molecule has 2 aliphatic heterocycles. The number of hydrogen-bond acceptors (Lipinski definition) is 4. The van der Waals surface area contributed by atoms with Gasteiger partial charge in [-0.25, -0.2) is 13.8 Å². The van der Waals surface area contributed by atoms with E-state index in [0.29, 0.717) is 6.07 Å². The largest absolute Gasteiger partial charge is 0.416 e. The van der Waals surface area contributed by atoms with Crippen molar-refractivity contribution in [1.29, 1.82) is 0 Å². The smallest absolute Gasteiger partial charge is 0.381 e. The van der Waals surface area contributed by atoms with Gasteiger partial charge in [0.1, 0.15) is 17.7 Å². The van der Waals surface area contributed by atoms with Crippen LogP contribution in [-0.4, -0.2) is 36.4 Å². The van der Waals surface area contributed by atoms with Crippen LogP contribution in [0.15, 0.2) is 24.3 Å². The van der Waals surface area contributed by atoms with Crippen molar-refractivity contribution in [3.63, 3.8) is 0 Å². The maximum Gasteiger partial charge on any atom is 0.416 e. The summed E-state index contributed by atoms with van der Waals surface area (Å²) in [4.78, 5) is 32.0. The molecule has 3 heterocycles. The number of amides is 2. The van der Waals surface area contributed by atoms with Crippen molar-refractivity contribution in [3.05, 3.63) is 47.2 Å². The van der Waals surface area contributed by atoms with Crippen LogP contribution in [0.5, 0.6) is 0 Å². The van der Waals surface area contributed by atoms with Gasteiger partial charge < -0.3 is 10.2 Å². The van der Waals surface area contributed by atoms with Gasteiger partial charge in [-0.3, -0.25) is 14.5 Å². The van der Waals surface area contributed by atoms with Crippen LogP contribution in [0.1, 0.15) is 17.7 Å². The highest BCUT2D eigenvalue weighted by atomic mass is 19.4. The van der Waals surface area contributed by atoms with E-state index in [2.05, 4.69) is 10.3 Å². The number of nitrogens with zero attached hydrogens (tertiary/aromatic N) is 3. The highest BCUT2D eigenvalue weighted by molar-refractivity contribution is 6.09. The molecule has 1 fully saturated rings. The zero-order chi connectivity index (χ0) is 22.7. The first kappa shape index (κ1) is 21.0. The predicted octanol–water partition coefficient (Wildman–Crippen LogP) is 3.50. The highest BCUT2D eigenvalue weighted by Crippen LogP contribution is 2.39. The number of carbonyl (C=O) groups excluding carboxylic acids is 2. The molecule has 164 valence electrons. The Kier molecular flexibility index (Phi) is 4.86. The third-order valence-electron chi connectivity index (χ3n) is 5.46. The SMILES string of the molecule is Cc1cc(C(F)(F)F)cc(N2C(=O)C[C@@H]3CNc4c(F)cc(F)cc4N(C)C(=O)[C@H]32)n1. The Morgan fingerprint density at radius 2 is 1.84 bits per heavy atom. The summed E-state index contributed by atoms with van der Waals surface area (Å²) in [6.07, 6.45) is -4.81. The van der Waals surface area contributed by atoms with E-state index in [9.17, 15) is 31.5 Å². The molecule has 2 amide bonds. The van der Waals surface area contributed by atoms with Gasteiger partial charge in [-0.05, 0) is 25.1 Å². The van der Waals surface area contributed by atoms with Crippen LogP contribution < -0.4 is 15.1 Å². The number of anilines is 3. The fourth-order valence-corrected chi connectivity index (χ4v) is 4.05. The van der Waals surface area contributed by atoms with Gasteiger partial charge in [0.05, 0.1) is 16.9 Å². The summed E-state index contributed by atoms with van der Waals surface area (Å²) in [5.41, 5.74) is -1.13. The maximum atomic E-state index is 14.3. The normalized spacial score (nSPS) is 21.4. The first-order valence-corrected chi connectivity index (χ1v) is 9.36. The summed E-state index contributed by atoms with van der Waals surface area (Å²) in [6, 6.07) is 2.03. The fourth-order valence-electron chi connectivity index (χ4n) is 4.05. The number of rotatable bonds is 1. The molecular weight excluding hydrogens is 423 g/mol. The molecule has 1 aromatic carbocycles. The minimum Gasteiger partial charge on any atom is -0.381 e. The van der Waals surface area contributed by atoms with Crippen molar-refractivity contribution in [2.75, 3.05) is 28.7 Å². The number of hydrogen-bond donors (Lipinski definition) is 1. The fraction of sp³-hybridized carbons (Fsp3) is 0.350. The molecular formula is C20H17F5N4O2. The second kappa shape index (κ2) is 7.17. The maximum absolute atomic E-state index is 14.3. The zero-order valence-electron chi connectivity index (χ0n) is 16.4. The molecule has 2 aliphatic rings. The Morgan fingerprint density at radius 1 is 1.13 bits per heavy atom. The molecule has 11 heteroatoms. The van der Waals surface area contributed by atoms with Gasteiger partial charge in [-0.2, -0.15) is 13.2 Å². The van der Waals surface area contributed by atoms with Crippen LogP contribution >= 0.6 is 0 Å². The van der Waals surface area contributed by atoms with Crippen LogP contribution in [0, 0.1) is 24.5 Å². The molecule has 0 saturated carbocycles. The number of alkyl halides is 3. The zero-order valence-corrected chi connectivity index (χ0v) is 16.4. The van der Waals surface area contributed by atoms with Gasteiger partial charge >= 0.3 is 6.18 Å². The van der Waals surface area contributed by atoms with E-state index in [4.69, 9.17) is 0 Å². The lowest BCUT2D eigenvalue weighted by atomic mass is 9.97. The minimum absolute atomic E-state index is 0.0139. The molecule has 31 heavy (non-hydrogen) atoms. The quantitative estimate of drug-likeness (QED) is 0.690. The Balaban J connectivity index is 1.80. The van der Waals surface area contributed by atoms with E-state index in [1.807, 2.05) is 0 Å². The van der Waals surface area contributed by atoms with Crippen LogP contribution in [0.3, 0.4) is 0 Å². The third-order valence-corrected chi connectivity index (χ3v) is 5.46. The topological polar surface area (TPSA) is 65.5 Å². The Morgan fingerprint density at radius 3 is 2.52 bits per heavy atom. The number of aromatic nitrogens is 1. The number of pyridine rings is 1. The molecule has 2 aromatic rings. The predicted molar refractivity (Wildman–Crippen MR) is 102 cm³/mol. The summed E-state index contributed by atoms with van der Waals surface area (Å²) < 4.78 is 67.9. The summed E-state index contributed by atoms with van der Waals surface area (Å²) in [7, 11) is 1.29. The van der Waals surface area contributed by atoms with Gasteiger partial charge in [0.15, 0.2) is 5.82 Å². The van der Waals surface area contributed by atoms with Gasteiger partial charge in [-0.1, -0.05) is 0 Å². The third kappa shape index (κ3) is 3.57. The number of benzene rings is 1. The molecule has 0 bridgehead atoms. The van der Waals surface area contributed by atoms with Crippen molar-refractivity contribution in [1.82, 2.24) is 4.98 Å². The van der Waals surface area contributed by atoms with E-state index in [0.717, 1.165) is 28.0 Å². The van der Waals surface area contributed by atoms with Gasteiger partial charge in [0.2, 0.25) is 11.8 Å². The molecule has 0 unspecified atom stereocenters. The summed E-state index contributed by atoms with van der Waals surface area (Å²) in [5, 5.41) is 2.81. The summed E-state index contributed by atoms with van der Waals surface area (Å²) >= 11 is 0. The number of fused-ring (bicyclic) bond motifs is 2. The second-order valence-corrected chi connectivity index (χ2v) is 7.59. The van der Waals surface area contributed by atoms with E-state index >= 15 is 0 Å². The standard InChI is InChI=1S/C20H17F5N4O2/c1-9-3-11(20(23,24)25)5-15(27-9)29-16(30)4-10-8-26-17-13(22)6-12(21)7-14(17)28(2)19(31)18(10)29/h3,5-7,10,18,26H,4,8H2,1-2H3/t10-,18+/m1/s1. The second-order valence-electron chi connectivity index (χ2n) is 7.59. The molecule has 0 radical (unpaired) electrons. The van der Waals surface area contributed by atoms with Crippen molar-refractivity contribution in [3.8, 4) is 0 Å². The van der Waals surface area contributed by atoms with Crippen molar-refractivity contribution in [2.24, 2.45) is 5.92 Å². The number of halogens is 5. The van der Waals surface area contributed by atoms with E-state index in [1.54, 1.807) is 0 Å². The van der Waals surface area contributed by atoms with Crippen molar-refractivity contribution in [2.45, 2.75) is 25.6 Å². The summed E-state index contributed by atoms with van der Waals surface area (Å²) in [5.74, 6) is -4.01. The number of likely N-dealkylation sites (N-methyl/N-ethyl adjacent to an activating group) is 1. The van der Waals surface area contributed by atoms with Crippen LogP contribution in [0.25, 0.3) is 0 Å². The van der Waals surface area contributed by atoms with Crippen LogP contribution in [0.2, 0.25) is 0 Å². The van der Waals surface area contributed by atoms with E-state index < -0.39 is 47.1 Å². The molecule has 6 nitrogen and oxygen atoms in total. The molecule has 1 N–H and O–H groups in total. The summed E-state index contributed by atoms with van der Waals surface area (Å²) in [6.45, 7) is 1.34. The first-order chi connectivity index (χ1) is 14.5. The Labute approximate surface area is 173 Å². The number of aryl methyl sites for hydroxylation is 1. The van der Waals surface area contributed by atoms with E-state index in [-0.39, 0.29) is 35.9 Å². The lowest BCUT2D eigenvalue weighted by Crippen LogP contribution is -2.51. The van der Waals surface area contributed by atoms with Crippen LogP contribution in [0.4, 0.5) is 39.1 Å². The number of carbonyl (C=O) groups is 2. The molecule has 4 rings (SSSR count). The Bertz CT molecular complexity index is 1090. The Hall–Kier alpha value is -3.24. The molecule has 0 spiro atoms. The lowest BCUT2D eigenvalue weighted by molar-refractivity contribution is -0.137. The van der Waals surface area contributed by atoms with Crippen molar-refractivity contribution < 1.29 is 31.5 Å². The van der Waals surface area contributed by atoms with Gasteiger partial charge in [0.25, 0.3) is 0 Å². The number of nitrogens with one attached hydrogen (secondary N) is 1. The highest BCUT2D eigenvalue weighted by Gasteiger charge is 2.48. The van der Waals surface area contributed by atoms with Crippen LogP contribution in [-0.2, 0) is 15.8 Å². The molecule has 1 saturated heterocycles. The molecule has 0 aliphatic carbocycles. The van der Waals surface area contributed by atoms with Gasteiger partial charge in [-0.15, -0.1) is 0 Å². The average molecular weight is 440 g/mol. The van der Waals surface area contributed by atoms with Crippen molar-refractivity contribution >= 4 is 29.0 Å².